The van der Waals surface area contributed by atoms with E-state index in [0.29, 0.717) is 30.2 Å². The van der Waals surface area contributed by atoms with Crippen molar-refractivity contribution in [1.82, 2.24) is 5.32 Å². The van der Waals surface area contributed by atoms with Crippen LogP contribution in [0.4, 0.5) is 4.39 Å². The van der Waals surface area contributed by atoms with Crippen molar-refractivity contribution < 1.29 is 18.3 Å². The van der Waals surface area contributed by atoms with E-state index in [2.05, 4.69) is 5.32 Å². The van der Waals surface area contributed by atoms with Crippen molar-refractivity contribution in [2.75, 3.05) is 7.11 Å². The third-order valence-corrected chi connectivity index (χ3v) is 3.78. The maximum Gasteiger partial charge on any atom is 0.161 e. The number of halogens is 2. The zero-order valence-corrected chi connectivity index (χ0v) is 15.2. The zero-order valence-electron chi connectivity index (χ0n) is 14.4. The minimum absolute atomic E-state index is 0. The average Bonchev–Trinajstić information content (AvgIpc) is 3.15. The topological polar surface area (TPSA) is 43.6 Å². The summed E-state index contributed by atoms with van der Waals surface area (Å²) in [6.07, 6.45) is 1.65. The number of furan rings is 1. The van der Waals surface area contributed by atoms with Gasteiger partial charge in [0.1, 0.15) is 18.2 Å². The van der Waals surface area contributed by atoms with E-state index in [1.807, 2.05) is 30.3 Å². The predicted octanol–water partition coefficient (Wildman–Crippen LogP) is 4.72. The molecule has 0 aliphatic carbocycles. The SMILES string of the molecule is COc1cc(CNCc2ccco2)ccc1OCc1ccccc1F.Cl. The smallest absolute Gasteiger partial charge is 0.161 e. The van der Waals surface area contributed by atoms with Crippen LogP contribution in [-0.4, -0.2) is 7.11 Å². The molecule has 0 saturated carbocycles. The zero-order chi connectivity index (χ0) is 17.5. The summed E-state index contributed by atoms with van der Waals surface area (Å²) < 4.78 is 30.1. The third kappa shape index (κ3) is 5.25. The van der Waals surface area contributed by atoms with Gasteiger partial charge in [-0.25, -0.2) is 4.39 Å². The second-order valence-corrected chi connectivity index (χ2v) is 5.55. The summed E-state index contributed by atoms with van der Waals surface area (Å²) in [5.41, 5.74) is 1.57. The van der Waals surface area contributed by atoms with Gasteiger partial charge in [-0.2, -0.15) is 0 Å². The van der Waals surface area contributed by atoms with Gasteiger partial charge >= 0.3 is 0 Å². The highest BCUT2D eigenvalue weighted by Gasteiger charge is 2.08. The summed E-state index contributed by atoms with van der Waals surface area (Å²) in [7, 11) is 1.59. The first-order valence-corrected chi connectivity index (χ1v) is 8.02. The molecule has 0 saturated heterocycles. The van der Waals surface area contributed by atoms with Gasteiger partial charge in [0, 0.05) is 12.1 Å². The fraction of sp³-hybridized carbons (Fsp3) is 0.200. The van der Waals surface area contributed by atoms with E-state index in [1.54, 1.807) is 31.6 Å². The quantitative estimate of drug-likeness (QED) is 0.617. The Hall–Kier alpha value is -2.50. The van der Waals surface area contributed by atoms with Gasteiger partial charge in [-0.05, 0) is 35.9 Å². The molecule has 2 aromatic carbocycles. The van der Waals surface area contributed by atoms with Gasteiger partial charge in [0.05, 0.1) is 19.9 Å². The summed E-state index contributed by atoms with van der Waals surface area (Å²) in [6, 6.07) is 16.0. The number of methoxy groups -OCH3 is 1. The van der Waals surface area contributed by atoms with E-state index in [1.165, 1.54) is 6.07 Å². The number of hydrogen-bond donors (Lipinski definition) is 1. The maximum absolute atomic E-state index is 13.7. The summed E-state index contributed by atoms with van der Waals surface area (Å²) in [4.78, 5) is 0. The number of hydrogen-bond acceptors (Lipinski definition) is 4. The average molecular weight is 378 g/mol. The summed E-state index contributed by atoms with van der Waals surface area (Å²) in [6.45, 7) is 1.48. The minimum Gasteiger partial charge on any atom is -0.493 e. The van der Waals surface area contributed by atoms with Crippen molar-refractivity contribution in [3.05, 3.63) is 83.6 Å². The van der Waals surface area contributed by atoms with Crippen LogP contribution in [0.15, 0.2) is 65.3 Å². The van der Waals surface area contributed by atoms with E-state index in [4.69, 9.17) is 13.9 Å². The summed E-state index contributed by atoms with van der Waals surface area (Å²) in [5, 5.41) is 3.30. The Morgan fingerprint density at radius 2 is 1.85 bits per heavy atom. The molecule has 0 spiro atoms. The van der Waals surface area contributed by atoms with Crippen molar-refractivity contribution in [3.63, 3.8) is 0 Å². The lowest BCUT2D eigenvalue weighted by Gasteiger charge is -2.13. The summed E-state index contributed by atoms with van der Waals surface area (Å²) >= 11 is 0. The van der Waals surface area contributed by atoms with Crippen LogP contribution < -0.4 is 14.8 Å². The monoisotopic (exact) mass is 377 g/mol. The highest BCUT2D eigenvalue weighted by atomic mass is 35.5. The van der Waals surface area contributed by atoms with Crippen LogP contribution in [0.25, 0.3) is 0 Å². The van der Waals surface area contributed by atoms with Crippen molar-refractivity contribution in [2.45, 2.75) is 19.7 Å². The molecule has 1 aromatic heterocycles. The Morgan fingerprint density at radius 1 is 1.00 bits per heavy atom. The fourth-order valence-corrected chi connectivity index (χ4v) is 2.46. The van der Waals surface area contributed by atoms with Gasteiger partial charge in [-0.3, -0.25) is 0 Å². The number of benzene rings is 2. The second kappa shape index (κ2) is 9.85. The molecular formula is C20H21ClFNO3. The second-order valence-electron chi connectivity index (χ2n) is 5.55. The summed E-state index contributed by atoms with van der Waals surface area (Å²) in [5.74, 6) is 1.81. The molecule has 3 aromatic rings. The molecule has 6 heteroatoms. The molecule has 26 heavy (non-hydrogen) atoms. The Kier molecular flexibility index (Phi) is 7.51. The minimum atomic E-state index is -0.278. The highest BCUT2D eigenvalue weighted by molar-refractivity contribution is 5.85. The molecule has 1 N–H and O–H groups in total. The Balaban J connectivity index is 0.00000243. The van der Waals surface area contributed by atoms with E-state index in [-0.39, 0.29) is 24.8 Å². The Labute approximate surface area is 158 Å². The van der Waals surface area contributed by atoms with Crippen LogP contribution in [0.3, 0.4) is 0 Å². The standard InChI is InChI=1S/C20H20FNO3.ClH/c1-23-20-11-15(12-22-13-17-6-4-10-24-17)8-9-19(20)25-14-16-5-2-3-7-18(16)21;/h2-11,22H,12-14H2,1H3;1H. The molecule has 0 aliphatic heterocycles. The van der Waals surface area contributed by atoms with Crippen LogP contribution in [0, 0.1) is 5.82 Å². The fourth-order valence-electron chi connectivity index (χ4n) is 2.46. The molecule has 0 atom stereocenters. The molecule has 0 radical (unpaired) electrons. The van der Waals surface area contributed by atoms with Gasteiger partial charge in [0.25, 0.3) is 0 Å². The van der Waals surface area contributed by atoms with E-state index in [9.17, 15) is 4.39 Å². The van der Waals surface area contributed by atoms with Gasteiger partial charge in [0.15, 0.2) is 11.5 Å². The van der Waals surface area contributed by atoms with Gasteiger partial charge in [-0.15, -0.1) is 12.4 Å². The maximum atomic E-state index is 13.7. The van der Waals surface area contributed by atoms with E-state index in [0.717, 1.165) is 11.3 Å². The molecule has 138 valence electrons. The van der Waals surface area contributed by atoms with Crippen LogP contribution in [-0.2, 0) is 19.7 Å². The largest absolute Gasteiger partial charge is 0.493 e. The molecular weight excluding hydrogens is 357 g/mol. The number of rotatable bonds is 8. The van der Waals surface area contributed by atoms with Crippen molar-refractivity contribution in [1.29, 1.82) is 0 Å². The lowest BCUT2D eigenvalue weighted by molar-refractivity contribution is 0.279. The normalized spacial score (nSPS) is 10.2. The molecule has 0 amide bonds. The molecule has 0 fully saturated rings. The van der Waals surface area contributed by atoms with Crippen LogP contribution in [0.5, 0.6) is 11.5 Å². The van der Waals surface area contributed by atoms with Crippen LogP contribution >= 0.6 is 12.4 Å². The molecule has 3 rings (SSSR count). The predicted molar refractivity (Wildman–Crippen MR) is 100 cm³/mol. The first kappa shape index (κ1) is 19.8. The number of ether oxygens (including phenoxy) is 2. The first-order chi connectivity index (χ1) is 12.3. The van der Waals surface area contributed by atoms with Crippen molar-refractivity contribution in [2.24, 2.45) is 0 Å². The molecule has 0 aliphatic rings. The lowest BCUT2D eigenvalue weighted by atomic mass is 10.2. The lowest BCUT2D eigenvalue weighted by Crippen LogP contribution is -2.12. The molecule has 4 nitrogen and oxygen atoms in total. The molecule has 0 bridgehead atoms. The van der Waals surface area contributed by atoms with Crippen molar-refractivity contribution >= 4 is 12.4 Å². The third-order valence-electron chi connectivity index (χ3n) is 3.78. The molecule has 0 unspecified atom stereocenters. The van der Waals surface area contributed by atoms with E-state index >= 15 is 0 Å². The van der Waals surface area contributed by atoms with Crippen LogP contribution in [0.2, 0.25) is 0 Å². The van der Waals surface area contributed by atoms with E-state index < -0.39 is 0 Å². The number of nitrogens with one attached hydrogen (secondary N) is 1. The van der Waals surface area contributed by atoms with Crippen molar-refractivity contribution in [3.8, 4) is 11.5 Å². The Bertz CT molecular complexity index is 809. The van der Waals surface area contributed by atoms with Gasteiger partial charge in [0.2, 0.25) is 0 Å². The van der Waals surface area contributed by atoms with Gasteiger partial charge < -0.3 is 19.2 Å². The Morgan fingerprint density at radius 3 is 2.58 bits per heavy atom. The highest BCUT2D eigenvalue weighted by Crippen LogP contribution is 2.29. The van der Waals surface area contributed by atoms with Crippen LogP contribution in [0.1, 0.15) is 16.9 Å². The first-order valence-electron chi connectivity index (χ1n) is 8.02. The molecule has 1 heterocycles. The van der Waals surface area contributed by atoms with Gasteiger partial charge in [-0.1, -0.05) is 24.3 Å².